The Morgan fingerprint density at radius 2 is 1.94 bits per heavy atom. The van der Waals surface area contributed by atoms with Crippen LogP contribution in [0.4, 0.5) is 0 Å². The Hall–Kier alpha value is -0.200. The van der Waals surface area contributed by atoms with Crippen molar-refractivity contribution in [1.29, 1.82) is 0 Å². The monoisotopic (exact) mass is 258 g/mol. The van der Waals surface area contributed by atoms with Gasteiger partial charge in [-0.3, -0.25) is 9.80 Å². The van der Waals surface area contributed by atoms with E-state index in [0.717, 1.165) is 32.8 Å². The van der Waals surface area contributed by atoms with Crippen molar-refractivity contribution in [2.45, 2.75) is 32.3 Å². The molecule has 0 bridgehead atoms. The van der Waals surface area contributed by atoms with Crippen LogP contribution in [0, 0.1) is 0 Å². The van der Waals surface area contributed by atoms with Crippen molar-refractivity contribution in [2.75, 3.05) is 53.0 Å². The molecule has 0 radical (unpaired) electrons. The molecule has 0 N–H and O–H groups in total. The predicted octanol–water partition coefficient (Wildman–Crippen LogP) is 0.400. The number of rotatable bonds is 6. The normalized spacial score (nSPS) is 30.0. The summed E-state index contributed by atoms with van der Waals surface area (Å²) in [5.41, 5.74) is 0. The minimum Gasteiger partial charge on any atom is -0.374 e. The van der Waals surface area contributed by atoms with Crippen molar-refractivity contribution >= 4 is 0 Å². The molecule has 18 heavy (non-hydrogen) atoms. The van der Waals surface area contributed by atoms with Crippen LogP contribution in [-0.2, 0) is 14.2 Å². The highest BCUT2D eigenvalue weighted by atomic mass is 16.7. The van der Waals surface area contributed by atoms with Crippen LogP contribution in [0.2, 0.25) is 0 Å². The van der Waals surface area contributed by atoms with Crippen LogP contribution in [0.3, 0.4) is 0 Å². The van der Waals surface area contributed by atoms with Gasteiger partial charge < -0.3 is 14.2 Å². The lowest BCUT2D eigenvalue weighted by Gasteiger charge is -2.33. The molecule has 0 aromatic carbocycles. The highest BCUT2D eigenvalue weighted by Crippen LogP contribution is 2.22. The van der Waals surface area contributed by atoms with Crippen LogP contribution in [0.15, 0.2) is 0 Å². The van der Waals surface area contributed by atoms with Gasteiger partial charge in [0.05, 0.1) is 12.7 Å². The van der Waals surface area contributed by atoms with Gasteiger partial charge in [-0.05, 0) is 20.9 Å². The maximum absolute atomic E-state index is 5.84. The third-order valence-electron chi connectivity index (χ3n) is 3.77. The second kappa shape index (κ2) is 6.82. The summed E-state index contributed by atoms with van der Waals surface area (Å²) in [4.78, 5) is 4.80. The highest BCUT2D eigenvalue weighted by Gasteiger charge is 2.39. The van der Waals surface area contributed by atoms with E-state index < -0.39 is 0 Å². The van der Waals surface area contributed by atoms with Crippen LogP contribution in [0.25, 0.3) is 0 Å². The van der Waals surface area contributed by atoms with Crippen LogP contribution in [0.1, 0.15) is 13.8 Å². The number of hydrogen-bond acceptors (Lipinski definition) is 5. The maximum atomic E-state index is 5.84. The zero-order valence-electron chi connectivity index (χ0n) is 11.8. The summed E-state index contributed by atoms with van der Waals surface area (Å²) in [6.07, 6.45) is 0.248. The number of likely N-dealkylation sites (tertiary alicyclic amines) is 1. The van der Waals surface area contributed by atoms with Crippen molar-refractivity contribution in [1.82, 2.24) is 9.80 Å². The summed E-state index contributed by atoms with van der Waals surface area (Å²) in [5.74, 6) is 0. The predicted molar refractivity (Wildman–Crippen MR) is 69.6 cm³/mol. The molecule has 0 amide bonds. The van der Waals surface area contributed by atoms with Crippen molar-refractivity contribution in [2.24, 2.45) is 0 Å². The topological polar surface area (TPSA) is 34.2 Å². The summed E-state index contributed by atoms with van der Waals surface area (Å²) < 4.78 is 17.1. The molecule has 2 saturated heterocycles. The first-order valence-electron chi connectivity index (χ1n) is 7.02. The van der Waals surface area contributed by atoms with Crippen LogP contribution in [0.5, 0.6) is 0 Å². The molecule has 0 spiro atoms. The molecule has 5 heteroatoms. The van der Waals surface area contributed by atoms with E-state index in [1.165, 1.54) is 0 Å². The van der Waals surface area contributed by atoms with Gasteiger partial charge in [0.15, 0.2) is 6.29 Å². The largest absolute Gasteiger partial charge is 0.374 e. The van der Waals surface area contributed by atoms with Crippen LogP contribution < -0.4 is 0 Å². The molecule has 106 valence electrons. The maximum Gasteiger partial charge on any atom is 0.170 e. The molecule has 2 heterocycles. The number of nitrogens with zero attached hydrogens (tertiary/aromatic N) is 2. The Morgan fingerprint density at radius 1 is 1.22 bits per heavy atom. The highest BCUT2D eigenvalue weighted by molar-refractivity contribution is 4.93. The molecule has 0 aliphatic carbocycles. The second-order valence-electron chi connectivity index (χ2n) is 5.02. The first-order valence-corrected chi connectivity index (χ1v) is 7.02. The molecule has 2 aliphatic rings. The standard InChI is InChI=1S/C13H26N2O3/c1-4-16-13(17-5-2)10-15-8-11-12(9-15)18-7-6-14(11)3/h11-13H,4-10H2,1-3H3. The van der Waals surface area contributed by atoms with E-state index in [1.807, 2.05) is 13.8 Å². The summed E-state index contributed by atoms with van der Waals surface area (Å²) in [6.45, 7) is 10.2. The Bertz CT molecular complexity index is 246. The zero-order valence-corrected chi connectivity index (χ0v) is 11.8. The quantitative estimate of drug-likeness (QED) is 0.644. The van der Waals surface area contributed by atoms with Gasteiger partial charge in [0.1, 0.15) is 0 Å². The zero-order chi connectivity index (χ0) is 13.0. The molecule has 0 aromatic heterocycles. The van der Waals surface area contributed by atoms with E-state index in [4.69, 9.17) is 14.2 Å². The number of likely N-dealkylation sites (N-methyl/N-ethyl adjacent to an activating group) is 1. The molecule has 0 aromatic rings. The summed E-state index contributed by atoms with van der Waals surface area (Å²) in [7, 11) is 2.19. The lowest BCUT2D eigenvalue weighted by atomic mass is 10.1. The molecule has 2 unspecified atom stereocenters. The number of hydrogen-bond donors (Lipinski definition) is 0. The summed E-state index contributed by atoms with van der Waals surface area (Å²) in [6, 6.07) is 0.530. The molecular formula is C13H26N2O3. The third-order valence-corrected chi connectivity index (χ3v) is 3.77. The third kappa shape index (κ3) is 3.42. The van der Waals surface area contributed by atoms with Crippen molar-refractivity contribution in [3.05, 3.63) is 0 Å². The lowest BCUT2D eigenvalue weighted by molar-refractivity contribution is -0.146. The fourth-order valence-electron chi connectivity index (χ4n) is 2.82. The van der Waals surface area contributed by atoms with Crippen LogP contribution in [-0.4, -0.2) is 81.3 Å². The number of ether oxygens (including phenoxy) is 3. The van der Waals surface area contributed by atoms with Gasteiger partial charge in [-0.1, -0.05) is 0 Å². The van der Waals surface area contributed by atoms with E-state index in [0.29, 0.717) is 25.4 Å². The van der Waals surface area contributed by atoms with E-state index >= 15 is 0 Å². The SMILES string of the molecule is CCOC(CN1CC2OCCN(C)C2C1)OCC. The molecule has 5 nitrogen and oxygen atoms in total. The average Bonchev–Trinajstić information content (AvgIpc) is 2.74. The molecular weight excluding hydrogens is 232 g/mol. The van der Waals surface area contributed by atoms with E-state index in [1.54, 1.807) is 0 Å². The van der Waals surface area contributed by atoms with Gasteiger partial charge in [-0.25, -0.2) is 0 Å². The Labute approximate surface area is 110 Å². The Morgan fingerprint density at radius 3 is 2.56 bits per heavy atom. The first-order chi connectivity index (χ1) is 8.74. The van der Waals surface area contributed by atoms with Gasteiger partial charge in [-0.15, -0.1) is 0 Å². The van der Waals surface area contributed by atoms with Crippen molar-refractivity contribution < 1.29 is 14.2 Å². The van der Waals surface area contributed by atoms with E-state index in [9.17, 15) is 0 Å². The van der Waals surface area contributed by atoms with Gasteiger partial charge in [-0.2, -0.15) is 0 Å². The summed E-state index contributed by atoms with van der Waals surface area (Å²) in [5, 5.41) is 0. The molecule has 2 aliphatic heterocycles. The molecule has 2 fully saturated rings. The fraction of sp³-hybridized carbons (Fsp3) is 1.00. The number of morpholine rings is 1. The Kier molecular flexibility index (Phi) is 5.38. The van der Waals surface area contributed by atoms with E-state index in [2.05, 4.69) is 16.8 Å². The van der Waals surface area contributed by atoms with Gasteiger partial charge >= 0.3 is 0 Å². The van der Waals surface area contributed by atoms with Gasteiger partial charge in [0.25, 0.3) is 0 Å². The Balaban J connectivity index is 1.83. The minimum absolute atomic E-state index is 0.106. The average molecular weight is 258 g/mol. The van der Waals surface area contributed by atoms with Crippen LogP contribution >= 0.6 is 0 Å². The van der Waals surface area contributed by atoms with Gasteiger partial charge in [0, 0.05) is 45.4 Å². The second-order valence-corrected chi connectivity index (χ2v) is 5.02. The minimum atomic E-state index is -0.106. The molecule has 2 atom stereocenters. The smallest absolute Gasteiger partial charge is 0.170 e. The number of fused-ring (bicyclic) bond motifs is 1. The molecule has 2 rings (SSSR count). The fourth-order valence-corrected chi connectivity index (χ4v) is 2.82. The van der Waals surface area contributed by atoms with Crippen molar-refractivity contribution in [3.8, 4) is 0 Å². The molecule has 0 saturated carbocycles. The van der Waals surface area contributed by atoms with Gasteiger partial charge in [0.2, 0.25) is 0 Å². The first kappa shape index (κ1) is 14.2. The van der Waals surface area contributed by atoms with E-state index in [-0.39, 0.29) is 6.29 Å². The lowest BCUT2D eigenvalue weighted by Crippen LogP contribution is -2.48. The summed E-state index contributed by atoms with van der Waals surface area (Å²) >= 11 is 0. The van der Waals surface area contributed by atoms with Crippen molar-refractivity contribution in [3.63, 3.8) is 0 Å².